The van der Waals surface area contributed by atoms with E-state index in [0.717, 1.165) is 13.1 Å². The van der Waals surface area contributed by atoms with E-state index in [1.807, 2.05) is 6.92 Å². The summed E-state index contributed by atoms with van der Waals surface area (Å²) in [6.07, 6.45) is 4.14. The first-order chi connectivity index (χ1) is 10.7. The van der Waals surface area contributed by atoms with Crippen LogP contribution < -0.4 is 10.6 Å². The number of oxazole rings is 1. The molecule has 1 amide bonds. The van der Waals surface area contributed by atoms with Crippen LogP contribution in [0, 0.1) is 12.8 Å². The van der Waals surface area contributed by atoms with Crippen LogP contribution in [0.3, 0.4) is 0 Å². The number of furan rings is 1. The third-order valence-electron chi connectivity index (χ3n) is 3.94. The Morgan fingerprint density at radius 2 is 2.45 bits per heavy atom. The van der Waals surface area contributed by atoms with Gasteiger partial charge in [-0.1, -0.05) is 0 Å². The van der Waals surface area contributed by atoms with Crippen molar-refractivity contribution in [1.29, 1.82) is 0 Å². The third-order valence-corrected chi connectivity index (χ3v) is 3.94. The SMILES string of the molecule is Cc1oc(-c2ccco2)nc1CC(=O)NCC1CCCNC1. The van der Waals surface area contributed by atoms with Gasteiger partial charge in [-0.05, 0) is 50.9 Å². The first-order valence-corrected chi connectivity index (χ1v) is 7.70. The molecule has 1 fully saturated rings. The van der Waals surface area contributed by atoms with Crippen LogP contribution in [-0.4, -0.2) is 30.5 Å². The zero-order chi connectivity index (χ0) is 15.4. The molecule has 2 aromatic heterocycles. The van der Waals surface area contributed by atoms with Crippen molar-refractivity contribution >= 4 is 5.91 Å². The Labute approximate surface area is 129 Å². The van der Waals surface area contributed by atoms with Gasteiger partial charge in [0.1, 0.15) is 5.76 Å². The Morgan fingerprint density at radius 1 is 1.55 bits per heavy atom. The minimum absolute atomic E-state index is 0.0204. The molecular formula is C16H21N3O3. The van der Waals surface area contributed by atoms with Crippen molar-refractivity contribution in [2.24, 2.45) is 5.92 Å². The van der Waals surface area contributed by atoms with Crippen LogP contribution >= 0.6 is 0 Å². The molecule has 1 unspecified atom stereocenters. The second-order valence-electron chi connectivity index (χ2n) is 5.69. The first kappa shape index (κ1) is 14.8. The van der Waals surface area contributed by atoms with E-state index in [1.54, 1.807) is 18.4 Å². The lowest BCUT2D eigenvalue weighted by Gasteiger charge is -2.22. The van der Waals surface area contributed by atoms with Gasteiger partial charge >= 0.3 is 0 Å². The number of aryl methyl sites for hydroxylation is 1. The first-order valence-electron chi connectivity index (χ1n) is 7.70. The molecule has 1 saturated heterocycles. The lowest BCUT2D eigenvalue weighted by molar-refractivity contribution is -0.120. The van der Waals surface area contributed by atoms with Crippen LogP contribution in [0.1, 0.15) is 24.3 Å². The maximum Gasteiger partial charge on any atom is 0.263 e. The molecule has 0 aliphatic carbocycles. The number of rotatable bonds is 5. The Bertz CT molecular complexity index is 613. The van der Waals surface area contributed by atoms with Crippen molar-refractivity contribution < 1.29 is 13.6 Å². The topological polar surface area (TPSA) is 80.3 Å². The van der Waals surface area contributed by atoms with E-state index in [2.05, 4.69) is 15.6 Å². The molecule has 1 aliphatic heterocycles. The molecule has 0 spiro atoms. The van der Waals surface area contributed by atoms with E-state index in [0.29, 0.717) is 35.6 Å². The largest absolute Gasteiger partial charge is 0.459 e. The van der Waals surface area contributed by atoms with Crippen LogP contribution in [0.15, 0.2) is 27.2 Å². The molecule has 3 rings (SSSR count). The summed E-state index contributed by atoms with van der Waals surface area (Å²) < 4.78 is 10.8. The van der Waals surface area contributed by atoms with Crippen molar-refractivity contribution in [1.82, 2.24) is 15.6 Å². The van der Waals surface area contributed by atoms with Crippen molar-refractivity contribution in [2.75, 3.05) is 19.6 Å². The van der Waals surface area contributed by atoms with Crippen molar-refractivity contribution in [3.8, 4) is 11.7 Å². The summed E-state index contributed by atoms with van der Waals surface area (Å²) in [5.74, 6) is 2.15. The van der Waals surface area contributed by atoms with E-state index in [4.69, 9.17) is 8.83 Å². The summed E-state index contributed by atoms with van der Waals surface area (Å²) in [6, 6.07) is 3.56. The van der Waals surface area contributed by atoms with Crippen LogP contribution in [0.4, 0.5) is 0 Å². The van der Waals surface area contributed by atoms with Gasteiger partial charge in [0.25, 0.3) is 5.89 Å². The van der Waals surface area contributed by atoms with Gasteiger partial charge in [0.2, 0.25) is 5.91 Å². The molecular weight excluding hydrogens is 282 g/mol. The number of piperidine rings is 1. The van der Waals surface area contributed by atoms with Crippen molar-refractivity contribution in [3.63, 3.8) is 0 Å². The van der Waals surface area contributed by atoms with Gasteiger partial charge < -0.3 is 19.5 Å². The van der Waals surface area contributed by atoms with Crippen LogP contribution in [0.25, 0.3) is 11.7 Å². The van der Waals surface area contributed by atoms with E-state index in [1.165, 1.54) is 12.8 Å². The molecule has 0 aromatic carbocycles. The molecule has 0 bridgehead atoms. The maximum absolute atomic E-state index is 12.1. The van der Waals surface area contributed by atoms with E-state index in [9.17, 15) is 4.79 Å². The van der Waals surface area contributed by atoms with Crippen molar-refractivity contribution in [3.05, 3.63) is 29.9 Å². The second-order valence-corrected chi connectivity index (χ2v) is 5.69. The molecule has 6 heteroatoms. The summed E-state index contributed by atoms with van der Waals surface area (Å²) in [6.45, 7) is 4.59. The lowest BCUT2D eigenvalue weighted by Crippen LogP contribution is -2.38. The summed E-state index contributed by atoms with van der Waals surface area (Å²) in [4.78, 5) is 16.4. The quantitative estimate of drug-likeness (QED) is 0.882. The molecule has 2 N–H and O–H groups in total. The van der Waals surface area contributed by atoms with Gasteiger partial charge in [-0.15, -0.1) is 0 Å². The summed E-state index contributed by atoms with van der Waals surface area (Å²) >= 11 is 0. The fourth-order valence-corrected chi connectivity index (χ4v) is 2.67. The highest BCUT2D eigenvalue weighted by atomic mass is 16.4. The van der Waals surface area contributed by atoms with Gasteiger partial charge in [-0.3, -0.25) is 4.79 Å². The van der Waals surface area contributed by atoms with Gasteiger partial charge in [-0.25, -0.2) is 4.98 Å². The molecule has 1 atom stereocenters. The van der Waals surface area contributed by atoms with E-state index < -0.39 is 0 Å². The molecule has 1 aliphatic rings. The minimum Gasteiger partial charge on any atom is -0.459 e. The molecule has 118 valence electrons. The Balaban J connectivity index is 1.55. The lowest BCUT2D eigenvalue weighted by atomic mass is 10.00. The fourth-order valence-electron chi connectivity index (χ4n) is 2.67. The predicted molar refractivity (Wildman–Crippen MR) is 81.2 cm³/mol. The monoisotopic (exact) mass is 303 g/mol. The average molecular weight is 303 g/mol. The zero-order valence-corrected chi connectivity index (χ0v) is 12.7. The predicted octanol–water partition coefficient (Wildman–Crippen LogP) is 1.90. The summed E-state index contributed by atoms with van der Waals surface area (Å²) in [5.41, 5.74) is 0.658. The summed E-state index contributed by atoms with van der Waals surface area (Å²) in [7, 11) is 0. The average Bonchev–Trinajstić information content (AvgIpc) is 3.17. The van der Waals surface area contributed by atoms with Gasteiger partial charge in [-0.2, -0.15) is 0 Å². The number of hydrogen-bond acceptors (Lipinski definition) is 5. The standard InChI is InChI=1S/C16H21N3O3/c1-11-13(19-16(22-11)14-5-3-7-21-14)8-15(20)18-10-12-4-2-6-17-9-12/h3,5,7,12,17H,2,4,6,8-10H2,1H3,(H,18,20). The number of carbonyl (C=O) groups excluding carboxylic acids is 1. The molecule has 3 heterocycles. The highest BCUT2D eigenvalue weighted by Crippen LogP contribution is 2.22. The molecule has 22 heavy (non-hydrogen) atoms. The third kappa shape index (κ3) is 3.57. The van der Waals surface area contributed by atoms with Crippen molar-refractivity contribution in [2.45, 2.75) is 26.2 Å². The van der Waals surface area contributed by atoms with Gasteiger partial charge in [0.15, 0.2) is 5.76 Å². The minimum atomic E-state index is -0.0204. The fraction of sp³-hybridized carbons (Fsp3) is 0.500. The molecule has 0 radical (unpaired) electrons. The van der Waals surface area contributed by atoms with E-state index >= 15 is 0 Å². The maximum atomic E-state index is 12.1. The number of aromatic nitrogens is 1. The Hall–Kier alpha value is -2.08. The summed E-state index contributed by atoms with van der Waals surface area (Å²) in [5, 5.41) is 6.34. The molecule has 2 aromatic rings. The zero-order valence-electron chi connectivity index (χ0n) is 12.7. The second kappa shape index (κ2) is 6.79. The number of carbonyl (C=O) groups is 1. The number of amides is 1. The van der Waals surface area contributed by atoms with Crippen LogP contribution in [-0.2, 0) is 11.2 Å². The number of nitrogens with zero attached hydrogens (tertiary/aromatic N) is 1. The van der Waals surface area contributed by atoms with Crippen LogP contribution in [0.5, 0.6) is 0 Å². The smallest absolute Gasteiger partial charge is 0.263 e. The van der Waals surface area contributed by atoms with Crippen LogP contribution in [0.2, 0.25) is 0 Å². The van der Waals surface area contributed by atoms with E-state index in [-0.39, 0.29) is 12.3 Å². The molecule has 6 nitrogen and oxygen atoms in total. The Kier molecular flexibility index (Phi) is 4.58. The van der Waals surface area contributed by atoms with Gasteiger partial charge in [0, 0.05) is 6.54 Å². The highest BCUT2D eigenvalue weighted by molar-refractivity contribution is 5.78. The van der Waals surface area contributed by atoms with Gasteiger partial charge in [0.05, 0.1) is 18.4 Å². The number of hydrogen-bond donors (Lipinski definition) is 2. The number of nitrogens with one attached hydrogen (secondary N) is 2. The normalized spacial score (nSPS) is 18.3. The Morgan fingerprint density at radius 3 is 3.18 bits per heavy atom. The molecule has 0 saturated carbocycles. The highest BCUT2D eigenvalue weighted by Gasteiger charge is 2.18.